The number of benzene rings is 1. The van der Waals surface area contributed by atoms with Crippen LogP contribution in [-0.4, -0.2) is 35.1 Å². The number of carboxylic acids is 2. The fraction of sp³-hybridized carbons (Fsp3) is 0.600. The zero-order valence-corrected chi connectivity index (χ0v) is 20.3. The minimum Gasteiger partial charge on any atom is -1.00 e. The molecule has 160 valence electrons. The van der Waals surface area contributed by atoms with Gasteiger partial charge in [0, 0.05) is 0 Å². The molecular formula is C20H31NaO7S. The van der Waals surface area contributed by atoms with Gasteiger partial charge in [0.25, 0.3) is 10.1 Å². The molecule has 0 heterocycles. The maximum absolute atomic E-state index is 12.1. The van der Waals surface area contributed by atoms with Gasteiger partial charge >= 0.3 is 41.5 Å². The Morgan fingerprint density at radius 3 is 1.83 bits per heavy atom. The Bertz CT molecular complexity index is 810. The summed E-state index contributed by atoms with van der Waals surface area (Å²) in [6.07, 6.45) is 7.74. The second-order valence-electron chi connectivity index (χ2n) is 6.97. The van der Waals surface area contributed by atoms with Gasteiger partial charge in [0.05, 0.1) is 11.1 Å². The molecule has 0 saturated heterocycles. The van der Waals surface area contributed by atoms with Gasteiger partial charge < -0.3 is 11.6 Å². The smallest absolute Gasteiger partial charge is 1.00 e. The molecule has 1 aromatic rings. The van der Waals surface area contributed by atoms with E-state index in [2.05, 4.69) is 6.92 Å². The van der Waals surface area contributed by atoms with Crippen LogP contribution in [0.3, 0.4) is 0 Å². The largest absolute Gasteiger partial charge is 1.00 e. The van der Waals surface area contributed by atoms with Crippen LogP contribution in [0.4, 0.5) is 0 Å². The minimum atomic E-state index is -4.91. The number of carbonyl (C=O) groups is 2. The molecule has 0 atom stereocenters. The quantitative estimate of drug-likeness (QED) is 0.243. The van der Waals surface area contributed by atoms with Gasteiger partial charge in [-0.2, -0.15) is 8.42 Å². The summed E-state index contributed by atoms with van der Waals surface area (Å²) in [5, 5.41) is 18.9. The summed E-state index contributed by atoms with van der Waals surface area (Å²) >= 11 is 0. The van der Waals surface area contributed by atoms with Crippen molar-refractivity contribution in [2.45, 2.75) is 83.0 Å². The van der Waals surface area contributed by atoms with Crippen LogP contribution in [-0.2, 0) is 23.0 Å². The van der Waals surface area contributed by atoms with E-state index in [9.17, 15) is 32.8 Å². The molecule has 29 heavy (non-hydrogen) atoms. The van der Waals surface area contributed by atoms with Gasteiger partial charge in [0.1, 0.15) is 4.90 Å². The van der Waals surface area contributed by atoms with E-state index in [1.165, 1.54) is 6.07 Å². The Kier molecular flexibility index (Phi) is 13.0. The molecule has 0 spiro atoms. The number of hydrogen-bond acceptors (Lipinski definition) is 4. The number of rotatable bonds is 13. The van der Waals surface area contributed by atoms with Crippen LogP contribution in [0.5, 0.6) is 0 Å². The monoisotopic (exact) mass is 438 g/mol. The van der Waals surface area contributed by atoms with Crippen LogP contribution >= 0.6 is 0 Å². The Morgan fingerprint density at radius 2 is 1.41 bits per heavy atom. The molecule has 9 heteroatoms. The number of aryl methyl sites for hydroxylation is 1. The molecule has 0 aliphatic carbocycles. The van der Waals surface area contributed by atoms with E-state index in [1.54, 1.807) is 0 Å². The summed E-state index contributed by atoms with van der Waals surface area (Å²) in [5.74, 6) is -3.22. The molecule has 0 bridgehead atoms. The third-order valence-electron chi connectivity index (χ3n) is 4.76. The fourth-order valence-corrected chi connectivity index (χ4v) is 4.39. The summed E-state index contributed by atoms with van der Waals surface area (Å²) in [5.41, 5.74) is -0.749. The molecular weight excluding hydrogens is 407 g/mol. The van der Waals surface area contributed by atoms with Gasteiger partial charge in [-0.1, -0.05) is 52.4 Å². The van der Waals surface area contributed by atoms with Gasteiger partial charge in [-0.15, -0.1) is 0 Å². The summed E-state index contributed by atoms with van der Waals surface area (Å²) < 4.78 is 33.9. The first-order chi connectivity index (χ1) is 13.1. The minimum absolute atomic E-state index is 0. The van der Waals surface area contributed by atoms with Crippen molar-refractivity contribution in [3.05, 3.63) is 28.3 Å². The summed E-state index contributed by atoms with van der Waals surface area (Å²) in [6.45, 7) is 4.09. The topological polar surface area (TPSA) is 129 Å². The molecule has 1 aromatic carbocycles. The molecule has 0 amide bonds. The molecule has 0 unspecified atom stereocenters. The third-order valence-corrected chi connectivity index (χ3v) is 5.73. The number of carboxylic acid groups (broad SMARTS) is 2. The van der Waals surface area contributed by atoms with E-state index in [4.69, 9.17) is 0 Å². The van der Waals surface area contributed by atoms with Crippen molar-refractivity contribution in [1.29, 1.82) is 0 Å². The Labute approximate surface area is 196 Å². The molecule has 1 rings (SSSR count). The van der Waals surface area contributed by atoms with E-state index in [0.717, 1.165) is 44.9 Å². The fourth-order valence-electron chi connectivity index (χ4n) is 3.39. The number of aromatic carboxylic acids is 2. The van der Waals surface area contributed by atoms with Crippen LogP contribution < -0.4 is 29.6 Å². The number of unbranched alkanes of at least 4 members (excludes halogenated alkanes) is 6. The maximum Gasteiger partial charge on any atom is 1.00 e. The maximum atomic E-state index is 12.1. The van der Waals surface area contributed by atoms with Crippen molar-refractivity contribution in [1.82, 2.24) is 0 Å². The van der Waals surface area contributed by atoms with E-state index in [-0.39, 0.29) is 43.0 Å². The van der Waals surface area contributed by atoms with Gasteiger partial charge in [0.15, 0.2) is 0 Å². The first kappa shape index (κ1) is 28.1. The Hall–Kier alpha value is -0.930. The van der Waals surface area contributed by atoms with Crippen molar-refractivity contribution in [2.24, 2.45) is 0 Å². The van der Waals surface area contributed by atoms with E-state index in [0.29, 0.717) is 18.4 Å². The van der Waals surface area contributed by atoms with Gasteiger partial charge in [0.2, 0.25) is 0 Å². The van der Waals surface area contributed by atoms with Crippen molar-refractivity contribution in [2.75, 3.05) is 0 Å². The van der Waals surface area contributed by atoms with E-state index in [1.807, 2.05) is 6.92 Å². The molecule has 0 aliphatic heterocycles. The molecule has 3 N–H and O–H groups in total. The third kappa shape index (κ3) is 8.38. The van der Waals surface area contributed by atoms with E-state index >= 15 is 0 Å². The number of hydrogen-bond donors (Lipinski definition) is 3. The van der Waals surface area contributed by atoms with Crippen molar-refractivity contribution in [3.63, 3.8) is 0 Å². The molecule has 0 fully saturated rings. The first-order valence-corrected chi connectivity index (χ1v) is 11.2. The van der Waals surface area contributed by atoms with Gasteiger partial charge in [-0.3, -0.25) is 4.55 Å². The van der Waals surface area contributed by atoms with Crippen LogP contribution in [0.1, 0.15) is 98.5 Å². The summed E-state index contributed by atoms with van der Waals surface area (Å²) in [6, 6.07) is 1.27. The van der Waals surface area contributed by atoms with E-state index < -0.39 is 38.1 Å². The summed E-state index contributed by atoms with van der Waals surface area (Å²) in [7, 11) is -4.91. The zero-order chi connectivity index (χ0) is 21.3. The van der Waals surface area contributed by atoms with Crippen LogP contribution in [0, 0.1) is 0 Å². The SMILES string of the molecule is CCCCCCc1cc(C(=O)O)c(C(=O)O)c(S(=O)(=O)O)c1CCCCCC.[H-].[Na+]. The second-order valence-corrected chi connectivity index (χ2v) is 8.33. The standard InChI is InChI=1S/C20H30O7S.Na.H/c1-3-5-7-9-11-14-13-16(19(21)22)17(20(23)24)18(28(25,26)27)15(14)12-10-8-6-4-2;;/h13H,3-12H2,1-2H3,(H,21,22)(H,23,24)(H,25,26,27);;/q;+1;-1. The van der Waals surface area contributed by atoms with Gasteiger partial charge in [-0.05, 0) is 42.9 Å². The average Bonchev–Trinajstić information content (AvgIpc) is 2.60. The Balaban J connectivity index is 0. The molecule has 0 saturated carbocycles. The molecule has 0 radical (unpaired) electrons. The zero-order valence-electron chi connectivity index (χ0n) is 18.5. The predicted octanol–water partition coefficient (Wildman–Crippen LogP) is 1.69. The molecule has 0 aliphatic rings. The van der Waals surface area contributed by atoms with Crippen molar-refractivity contribution in [3.8, 4) is 0 Å². The van der Waals surface area contributed by atoms with Crippen LogP contribution in [0.15, 0.2) is 11.0 Å². The first-order valence-electron chi connectivity index (χ1n) is 9.77. The predicted molar refractivity (Wildman–Crippen MR) is 107 cm³/mol. The Morgan fingerprint density at radius 1 is 0.897 bits per heavy atom. The van der Waals surface area contributed by atoms with Crippen molar-refractivity contribution < 1.29 is 63.8 Å². The molecule has 7 nitrogen and oxygen atoms in total. The average molecular weight is 439 g/mol. The van der Waals surface area contributed by atoms with Crippen LogP contribution in [0.25, 0.3) is 0 Å². The second kappa shape index (κ2) is 13.4. The van der Waals surface area contributed by atoms with Gasteiger partial charge in [-0.25, -0.2) is 9.59 Å². The normalized spacial score (nSPS) is 11.1. The summed E-state index contributed by atoms with van der Waals surface area (Å²) in [4.78, 5) is 22.5. The van der Waals surface area contributed by atoms with Crippen molar-refractivity contribution >= 4 is 22.1 Å². The van der Waals surface area contributed by atoms with Crippen LogP contribution in [0.2, 0.25) is 0 Å². The molecule has 0 aromatic heterocycles.